The molecule has 310 valence electrons. The molecule has 2 unspecified atom stereocenters. The lowest BCUT2D eigenvalue weighted by molar-refractivity contribution is -0.194. The molecule has 14 nitrogen and oxygen atoms in total. The number of rotatable bonds is 18. The number of hydrogen-bond acceptors (Lipinski definition) is 12. The van der Waals surface area contributed by atoms with Gasteiger partial charge in [-0.1, -0.05) is 175 Å². The SMILES string of the molecule is Cn1nnnc1SCC(=O)CO[C@@H]1[C@H](NC(=O)C(C(=O)OC(c2ccccc2)c2ccccc2)c2ccccc2)C(=O)N1C(Cl)C(=O)OC(c1ccccc1)c1ccccc1. The number of carbonyl (C=O) groups is 5. The van der Waals surface area contributed by atoms with E-state index in [0.29, 0.717) is 33.0 Å². The van der Waals surface area contributed by atoms with Crippen molar-refractivity contribution in [2.75, 3.05) is 12.4 Å². The molecule has 4 atom stereocenters. The molecule has 5 aromatic carbocycles. The third-order valence-electron chi connectivity index (χ3n) is 9.68. The molecule has 1 saturated heterocycles. The summed E-state index contributed by atoms with van der Waals surface area (Å²) in [6.45, 7) is -0.547. The number of nitrogens with one attached hydrogen (secondary N) is 1. The number of ketones is 1. The number of nitrogens with zero attached hydrogens (tertiary/aromatic N) is 5. The van der Waals surface area contributed by atoms with Crippen molar-refractivity contribution >= 4 is 52.9 Å². The van der Waals surface area contributed by atoms with E-state index in [2.05, 4.69) is 20.8 Å². The smallest absolute Gasteiger partial charge is 0.345 e. The van der Waals surface area contributed by atoms with Crippen LogP contribution in [-0.2, 0) is 45.2 Å². The summed E-state index contributed by atoms with van der Waals surface area (Å²) in [7, 11) is 1.62. The Bertz CT molecular complexity index is 2350. The van der Waals surface area contributed by atoms with Gasteiger partial charge in [-0.15, -0.1) is 5.10 Å². The molecule has 6 aromatic rings. The number of β-lactam (4-membered cyclic amide) rings is 1. The number of tetrazole rings is 1. The van der Waals surface area contributed by atoms with Crippen LogP contribution in [0.4, 0.5) is 0 Å². The van der Waals surface area contributed by atoms with Crippen molar-refractivity contribution in [2.45, 2.75) is 41.1 Å². The zero-order chi connectivity index (χ0) is 42.7. The van der Waals surface area contributed by atoms with E-state index in [4.69, 9.17) is 25.8 Å². The van der Waals surface area contributed by atoms with Crippen molar-refractivity contribution in [3.8, 4) is 0 Å². The highest BCUT2D eigenvalue weighted by atomic mass is 35.5. The van der Waals surface area contributed by atoms with Crippen molar-refractivity contribution in [2.24, 2.45) is 7.05 Å². The third kappa shape index (κ3) is 10.2. The number of thioether (sulfide) groups is 1. The van der Waals surface area contributed by atoms with Crippen LogP contribution in [-0.4, -0.2) is 84.8 Å². The second kappa shape index (κ2) is 20.1. The van der Waals surface area contributed by atoms with Gasteiger partial charge in [0.2, 0.25) is 16.6 Å². The van der Waals surface area contributed by atoms with Crippen LogP contribution in [0.1, 0.15) is 45.9 Å². The quantitative estimate of drug-likeness (QED) is 0.0286. The summed E-state index contributed by atoms with van der Waals surface area (Å²) in [6.07, 6.45) is -3.19. The predicted octanol–water partition coefficient (Wildman–Crippen LogP) is 5.56. The van der Waals surface area contributed by atoms with Gasteiger partial charge < -0.3 is 19.5 Å². The van der Waals surface area contributed by atoms with E-state index in [1.807, 2.05) is 72.8 Å². The van der Waals surface area contributed by atoms with Crippen molar-refractivity contribution in [3.63, 3.8) is 0 Å². The van der Waals surface area contributed by atoms with Gasteiger partial charge in [0.15, 0.2) is 36.2 Å². The Balaban J connectivity index is 1.13. The molecule has 0 aliphatic carbocycles. The predicted molar refractivity (Wildman–Crippen MR) is 224 cm³/mol. The molecule has 0 spiro atoms. The highest BCUT2D eigenvalue weighted by Gasteiger charge is 2.55. The number of hydrogen-bond donors (Lipinski definition) is 1. The molecular weight excluding hydrogens is 820 g/mol. The van der Waals surface area contributed by atoms with Crippen LogP contribution < -0.4 is 5.32 Å². The second-order valence-corrected chi connectivity index (χ2v) is 15.2. The van der Waals surface area contributed by atoms with Crippen LogP contribution in [0.2, 0.25) is 0 Å². The van der Waals surface area contributed by atoms with Gasteiger partial charge in [-0.2, -0.15) is 0 Å². The zero-order valence-corrected chi connectivity index (χ0v) is 34.2. The summed E-state index contributed by atoms with van der Waals surface area (Å²) in [5, 5.41) is 14.2. The molecule has 7 rings (SSSR count). The fourth-order valence-corrected chi connectivity index (χ4v) is 7.61. The topological polar surface area (TPSA) is 172 Å². The van der Waals surface area contributed by atoms with Gasteiger partial charge in [0, 0.05) is 7.05 Å². The number of Topliss-reactive ketones (excluding diaryl/α,β-unsaturated/α-hetero) is 1. The number of halogens is 1. The minimum atomic E-state index is -1.75. The van der Waals surface area contributed by atoms with Crippen molar-refractivity contribution < 1.29 is 38.2 Å². The van der Waals surface area contributed by atoms with Crippen LogP contribution in [0.3, 0.4) is 0 Å². The number of amides is 2. The van der Waals surface area contributed by atoms with Crippen molar-refractivity contribution in [1.82, 2.24) is 30.4 Å². The highest BCUT2D eigenvalue weighted by molar-refractivity contribution is 7.99. The molecule has 1 aliphatic rings. The number of alkyl halides is 1. The number of esters is 2. The van der Waals surface area contributed by atoms with Crippen LogP contribution in [0.15, 0.2) is 157 Å². The Morgan fingerprint density at radius 3 is 1.57 bits per heavy atom. The maximum atomic E-state index is 14.4. The first kappa shape index (κ1) is 42.4. The molecule has 2 heterocycles. The summed E-state index contributed by atoms with van der Waals surface area (Å²) in [5.74, 6) is -5.64. The lowest BCUT2D eigenvalue weighted by Gasteiger charge is -2.47. The van der Waals surface area contributed by atoms with E-state index in [1.165, 1.54) is 4.68 Å². The Hall–Kier alpha value is -6.68. The van der Waals surface area contributed by atoms with Crippen molar-refractivity contribution in [3.05, 3.63) is 179 Å². The van der Waals surface area contributed by atoms with E-state index < -0.39 is 72.0 Å². The Labute approximate surface area is 360 Å². The zero-order valence-electron chi connectivity index (χ0n) is 32.6. The molecule has 0 bridgehead atoms. The van der Waals surface area contributed by atoms with Gasteiger partial charge in [-0.05, 0) is 38.2 Å². The number of carbonyl (C=O) groups excluding carboxylic acids is 5. The van der Waals surface area contributed by atoms with Crippen LogP contribution >= 0.6 is 23.4 Å². The molecule has 0 saturated carbocycles. The average Bonchev–Trinajstić information content (AvgIpc) is 3.72. The molecule has 16 heteroatoms. The van der Waals surface area contributed by atoms with Gasteiger partial charge >= 0.3 is 11.9 Å². The molecular formula is C45H39ClN6O8S. The number of aromatic nitrogens is 4. The molecule has 0 radical (unpaired) electrons. The van der Waals surface area contributed by atoms with Gasteiger partial charge in [0.05, 0.1) is 5.75 Å². The largest absolute Gasteiger partial charge is 0.452 e. The van der Waals surface area contributed by atoms with E-state index in [1.54, 1.807) is 85.9 Å². The third-order valence-corrected chi connectivity index (χ3v) is 11.1. The fourth-order valence-electron chi connectivity index (χ4n) is 6.66. The standard InChI is InChI=1S/C45H39ClN6O8S/c1-51-45(48-49-50-51)61-28-34(53)27-58-42-36(41(55)52(42)39(46)44(57)60-38(32-23-13-5-14-24-32)33-25-15-6-16-26-33)47-40(54)35(29-17-7-2-8-18-29)43(56)59-37(30-19-9-3-10-20-30)31-21-11-4-12-22-31/h2-26,35-39,42H,27-28H2,1H3,(H,47,54)/t35?,36-,39?,42-/m1/s1. The molecule has 1 aromatic heterocycles. The van der Waals surface area contributed by atoms with Crippen LogP contribution in [0.5, 0.6) is 0 Å². The molecule has 2 amide bonds. The summed E-state index contributed by atoms with van der Waals surface area (Å²) in [5.41, 5.74) is 1.20. The molecule has 1 N–H and O–H groups in total. The number of aryl methyl sites for hydroxylation is 1. The second-order valence-electron chi connectivity index (χ2n) is 13.8. The lowest BCUT2D eigenvalue weighted by atomic mass is 9.95. The number of likely N-dealkylation sites (tertiary alicyclic amines) is 1. The minimum Gasteiger partial charge on any atom is -0.452 e. The monoisotopic (exact) mass is 858 g/mol. The first-order valence-corrected chi connectivity index (χ1v) is 20.5. The Morgan fingerprint density at radius 1 is 0.689 bits per heavy atom. The van der Waals surface area contributed by atoms with E-state index in [0.717, 1.165) is 16.7 Å². The van der Waals surface area contributed by atoms with Gasteiger partial charge in [0.1, 0.15) is 6.61 Å². The first-order valence-electron chi connectivity index (χ1n) is 19.1. The minimum absolute atomic E-state index is 0.0972. The summed E-state index contributed by atoms with van der Waals surface area (Å²) in [4.78, 5) is 70.4. The summed E-state index contributed by atoms with van der Waals surface area (Å²) in [6, 6.07) is 42.9. The Morgan fingerprint density at radius 2 is 1.13 bits per heavy atom. The fraction of sp³-hybridized carbons (Fsp3) is 0.200. The normalized spacial score (nSPS) is 15.7. The lowest BCUT2D eigenvalue weighted by Crippen LogP contribution is -2.74. The summed E-state index contributed by atoms with van der Waals surface area (Å²) >= 11 is 7.80. The average molecular weight is 859 g/mol. The van der Waals surface area contributed by atoms with Gasteiger partial charge in [0.25, 0.3) is 5.91 Å². The van der Waals surface area contributed by atoms with Gasteiger partial charge in [-0.3, -0.25) is 24.1 Å². The van der Waals surface area contributed by atoms with Crippen molar-refractivity contribution in [1.29, 1.82) is 0 Å². The van der Waals surface area contributed by atoms with E-state index in [-0.39, 0.29) is 5.75 Å². The highest BCUT2D eigenvalue weighted by Crippen LogP contribution is 2.33. The maximum Gasteiger partial charge on any atom is 0.345 e. The van der Waals surface area contributed by atoms with Crippen LogP contribution in [0.25, 0.3) is 0 Å². The maximum absolute atomic E-state index is 14.4. The van der Waals surface area contributed by atoms with Crippen LogP contribution in [0, 0.1) is 0 Å². The molecule has 1 fully saturated rings. The number of benzene rings is 5. The van der Waals surface area contributed by atoms with E-state index >= 15 is 0 Å². The summed E-state index contributed by atoms with van der Waals surface area (Å²) < 4.78 is 19.4. The molecule has 1 aliphatic heterocycles. The van der Waals surface area contributed by atoms with Gasteiger partial charge in [-0.25, -0.2) is 9.48 Å². The molecule has 61 heavy (non-hydrogen) atoms. The van der Waals surface area contributed by atoms with E-state index in [9.17, 15) is 24.0 Å². The first-order chi connectivity index (χ1) is 29.7. The number of ether oxygens (including phenoxy) is 3. The Kier molecular flexibility index (Phi) is 14.0.